The van der Waals surface area contributed by atoms with Crippen LogP contribution in [0.4, 0.5) is 0 Å². The highest BCUT2D eigenvalue weighted by Crippen LogP contribution is 2.14. The highest BCUT2D eigenvalue weighted by molar-refractivity contribution is 5.69. The molecule has 1 unspecified atom stereocenters. The van der Waals surface area contributed by atoms with Gasteiger partial charge in [0.2, 0.25) is 0 Å². The Balaban J connectivity index is 3.32. The van der Waals surface area contributed by atoms with E-state index in [4.69, 9.17) is 9.47 Å². The largest absolute Gasteiger partial charge is 0.457 e. The van der Waals surface area contributed by atoms with Gasteiger partial charge in [-0.3, -0.25) is 4.79 Å². The number of carbonyl (C=O) groups excluding carboxylic acids is 1. The first-order valence-electron chi connectivity index (χ1n) is 16.1. The number of carbonyl (C=O) groups is 1. The molecule has 4 heteroatoms. The van der Waals surface area contributed by atoms with Gasteiger partial charge >= 0.3 is 5.97 Å². The van der Waals surface area contributed by atoms with Crippen LogP contribution in [0.15, 0.2) is 0 Å². The van der Waals surface area contributed by atoms with Crippen LogP contribution in [0, 0.1) is 0 Å². The summed E-state index contributed by atoms with van der Waals surface area (Å²) in [5.41, 5.74) is 0. The standard InChI is InChI=1S/C32H64O4/c1-3-5-7-9-11-12-13-14-15-16-17-18-19-20-21-22-24-26-28-35-30-31(29-33)36-32(34)27-25-23-10-8-6-4-2/h31,33H,3-30H2,1-2H3. The minimum Gasteiger partial charge on any atom is -0.457 e. The highest BCUT2D eigenvalue weighted by atomic mass is 16.6. The average Bonchev–Trinajstić information content (AvgIpc) is 2.88. The maximum absolute atomic E-state index is 11.9. The van der Waals surface area contributed by atoms with Crippen molar-refractivity contribution in [3.8, 4) is 0 Å². The van der Waals surface area contributed by atoms with Gasteiger partial charge in [-0.05, 0) is 12.8 Å². The molecule has 0 spiro atoms. The highest BCUT2D eigenvalue weighted by Gasteiger charge is 2.13. The van der Waals surface area contributed by atoms with Crippen molar-refractivity contribution in [2.75, 3.05) is 19.8 Å². The van der Waals surface area contributed by atoms with Crippen molar-refractivity contribution in [3.05, 3.63) is 0 Å². The molecule has 0 radical (unpaired) electrons. The summed E-state index contributed by atoms with van der Waals surface area (Å²) in [6, 6.07) is 0. The molecular formula is C32H64O4. The van der Waals surface area contributed by atoms with Crippen LogP contribution in [0.1, 0.15) is 174 Å². The van der Waals surface area contributed by atoms with Crippen molar-refractivity contribution in [1.82, 2.24) is 0 Å². The van der Waals surface area contributed by atoms with E-state index >= 15 is 0 Å². The molecule has 216 valence electrons. The van der Waals surface area contributed by atoms with Crippen molar-refractivity contribution >= 4 is 5.97 Å². The van der Waals surface area contributed by atoms with Crippen LogP contribution in [0.5, 0.6) is 0 Å². The smallest absolute Gasteiger partial charge is 0.306 e. The Labute approximate surface area is 225 Å². The van der Waals surface area contributed by atoms with Gasteiger partial charge in [-0.2, -0.15) is 0 Å². The quantitative estimate of drug-likeness (QED) is 0.0768. The van der Waals surface area contributed by atoms with E-state index in [0.717, 1.165) is 19.3 Å². The van der Waals surface area contributed by atoms with Gasteiger partial charge in [-0.1, -0.05) is 155 Å². The predicted octanol–water partition coefficient (Wildman–Crippen LogP) is 9.70. The molecule has 0 rings (SSSR count). The number of hydrogen-bond donors (Lipinski definition) is 1. The summed E-state index contributed by atoms with van der Waals surface area (Å²) < 4.78 is 11.0. The van der Waals surface area contributed by atoms with Gasteiger partial charge in [0.1, 0.15) is 6.10 Å². The zero-order chi connectivity index (χ0) is 26.4. The molecule has 0 amide bonds. The van der Waals surface area contributed by atoms with Crippen LogP contribution < -0.4 is 0 Å². The molecule has 0 aromatic rings. The van der Waals surface area contributed by atoms with E-state index in [1.165, 1.54) is 135 Å². The van der Waals surface area contributed by atoms with E-state index < -0.39 is 6.10 Å². The van der Waals surface area contributed by atoms with Gasteiger partial charge in [0.15, 0.2) is 0 Å². The predicted molar refractivity (Wildman–Crippen MR) is 155 cm³/mol. The van der Waals surface area contributed by atoms with E-state index in [1.807, 2.05) is 0 Å². The van der Waals surface area contributed by atoms with Crippen molar-refractivity contribution < 1.29 is 19.4 Å². The topological polar surface area (TPSA) is 55.8 Å². The van der Waals surface area contributed by atoms with Gasteiger partial charge in [-0.25, -0.2) is 0 Å². The lowest BCUT2D eigenvalue weighted by Gasteiger charge is -2.15. The first-order chi connectivity index (χ1) is 17.7. The molecule has 0 bridgehead atoms. The molecule has 0 saturated heterocycles. The number of aliphatic hydroxyl groups excluding tert-OH is 1. The van der Waals surface area contributed by atoms with Crippen LogP contribution in [0.25, 0.3) is 0 Å². The van der Waals surface area contributed by atoms with Gasteiger partial charge in [0.05, 0.1) is 13.2 Å². The van der Waals surface area contributed by atoms with Gasteiger partial charge in [0.25, 0.3) is 0 Å². The first kappa shape index (κ1) is 35.4. The number of rotatable bonds is 30. The Kier molecular flexibility index (Phi) is 30.1. The molecule has 1 atom stereocenters. The summed E-state index contributed by atoms with van der Waals surface area (Å²) >= 11 is 0. The van der Waals surface area contributed by atoms with Crippen molar-refractivity contribution in [3.63, 3.8) is 0 Å². The summed E-state index contributed by atoms with van der Waals surface area (Å²) in [7, 11) is 0. The molecule has 36 heavy (non-hydrogen) atoms. The second kappa shape index (κ2) is 30.6. The number of unbranched alkanes of at least 4 members (excludes halogenated alkanes) is 22. The normalized spacial score (nSPS) is 12.2. The fourth-order valence-corrected chi connectivity index (χ4v) is 4.74. The molecule has 1 N–H and O–H groups in total. The number of esters is 1. The zero-order valence-corrected chi connectivity index (χ0v) is 24.5. The summed E-state index contributed by atoms with van der Waals surface area (Å²) in [5.74, 6) is -0.207. The number of ether oxygens (including phenoxy) is 2. The van der Waals surface area contributed by atoms with E-state index in [0.29, 0.717) is 19.6 Å². The summed E-state index contributed by atoms with van der Waals surface area (Å²) in [6.07, 6.45) is 31.5. The average molecular weight is 513 g/mol. The third-order valence-corrected chi connectivity index (χ3v) is 7.18. The van der Waals surface area contributed by atoms with Crippen molar-refractivity contribution in [1.29, 1.82) is 0 Å². The molecule has 0 heterocycles. The molecular weight excluding hydrogens is 448 g/mol. The van der Waals surface area contributed by atoms with E-state index in [-0.39, 0.29) is 12.6 Å². The maximum Gasteiger partial charge on any atom is 0.306 e. The van der Waals surface area contributed by atoms with Crippen LogP contribution in [-0.2, 0) is 14.3 Å². The summed E-state index contributed by atoms with van der Waals surface area (Å²) in [6.45, 7) is 5.31. The first-order valence-corrected chi connectivity index (χ1v) is 16.1. The SMILES string of the molecule is CCCCCCCCCCCCCCCCCCCCOCC(CO)OC(=O)CCCCCCCC. The molecule has 0 aromatic heterocycles. The maximum atomic E-state index is 11.9. The third kappa shape index (κ3) is 28.0. The van der Waals surface area contributed by atoms with Crippen LogP contribution in [0.3, 0.4) is 0 Å². The second-order valence-electron chi connectivity index (χ2n) is 10.9. The van der Waals surface area contributed by atoms with Gasteiger partial charge in [-0.15, -0.1) is 0 Å². The monoisotopic (exact) mass is 512 g/mol. The molecule has 0 aliphatic heterocycles. The van der Waals surface area contributed by atoms with Crippen molar-refractivity contribution in [2.45, 2.75) is 180 Å². The molecule has 0 fully saturated rings. The minimum absolute atomic E-state index is 0.165. The number of aliphatic hydroxyl groups is 1. The van der Waals surface area contributed by atoms with Crippen LogP contribution >= 0.6 is 0 Å². The molecule has 0 aliphatic rings. The third-order valence-electron chi connectivity index (χ3n) is 7.18. The Morgan fingerprint density at radius 1 is 0.556 bits per heavy atom. The molecule has 0 aromatic carbocycles. The summed E-state index contributed by atoms with van der Waals surface area (Å²) in [5, 5.41) is 9.45. The zero-order valence-electron chi connectivity index (χ0n) is 24.5. The number of hydrogen-bond acceptors (Lipinski definition) is 4. The minimum atomic E-state index is -0.520. The van der Waals surface area contributed by atoms with Gasteiger partial charge in [0, 0.05) is 13.0 Å². The lowest BCUT2D eigenvalue weighted by atomic mass is 10.0. The second-order valence-corrected chi connectivity index (χ2v) is 10.9. The Morgan fingerprint density at radius 3 is 1.31 bits per heavy atom. The fraction of sp³-hybridized carbons (Fsp3) is 0.969. The van der Waals surface area contributed by atoms with Gasteiger partial charge < -0.3 is 14.6 Å². The fourth-order valence-electron chi connectivity index (χ4n) is 4.74. The molecule has 0 aliphatic carbocycles. The molecule has 0 saturated carbocycles. The van der Waals surface area contributed by atoms with Crippen molar-refractivity contribution in [2.24, 2.45) is 0 Å². The van der Waals surface area contributed by atoms with Crippen LogP contribution in [-0.4, -0.2) is 37.0 Å². The van der Waals surface area contributed by atoms with E-state index in [1.54, 1.807) is 0 Å². The lowest BCUT2D eigenvalue weighted by molar-refractivity contribution is -0.154. The summed E-state index contributed by atoms with van der Waals surface area (Å²) in [4.78, 5) is 11.9. The Hall–Kier alpha value is -0.610. The lowest BCUT2D eigenvalue weighted by Crippen LogP contribution is -2.27. The molecule has 4 nitrogen and oxygen atoms in total. The van der Waals surface area contributed by atoms with E-state index in [2.05, 4.69) is 13.8 Å². The Morgan fingerprint density at radius 2 is 0.917 bits per heavy atom. The van der Waals surface area contributed by atoms with Crippen LogP contribution in [0.2, 0.25) is 0 Å². The van der Waals surface area contributed by atoms with E-state index in [9.17, 15) is 9.90 Å². The Bertz CT molecular complexity index is 426.